The van der Waals surface area contributed by atoms with Gasteiger partial charge in [-0.3, -0.25) is 4.79 Å². The maximum atomic E-state index is 11.8. The first-order chi connectivity index (χ1) is 7.83. The number of carbonyl (C=O) groups excluding carboxylic acids is 1. The highest BCUT2D eigenvalue weighted by atomic mass is 32.2. The number of Topliss-reactive ketones (excluding diaryl/α,β-unsaturated/α-hetero) is 1. The van der Waals surface area contributed by atoms with Gasteiger partial charge in [-0.25, -0.2) is 0 Å². The van der Waals surface area contributed by atoms with Crippen molar-refractivity contribution in [2.75, 3.05) is 12.5 Å². The van der Waals surface area contributed by atoms with Crippen LogP contribution in [0.25, 0.3) is 0 Å². The molecule has 1 unspecified atom stereocenters. The van der Waals surface area contributed by atoms with Crippen molar-refractivity contribution in [1.29, 1.82) is 0 Å². The molecule has 84 valence electrons. The molecule has 0 amide bonds. The number of hydrogen-bond donors (Lipinski definition) is 0. The van der Waals surface area contributed by atoms with Crippen molar-refractivity contribution < 1.29 is 14.3 Å². The Kier molecular flexibility index (Phi) is 2.52. The molecule has 2 aliphatic heterocycles. The lowest BCUT2D eigenvalue weighted by molar-refractivity contribution is -0.118. The van der Waals surface area contributed by atoms with Crippen molar-refractivity contribution in [3.63, 3.8) is 0 Å². The highest BCUT2D eigenvalue weighted by molar-refractivity contribution is 8.01. The van der Waals surface area contributed by atoms with Gasteiger partial charge >= 0.3 is 0 Å². The number of hydrogen-bond acceptors (Lipinski definition) is 4. The molecule has 3 rings (SSSR count). The third kappa shape index (κ3) is 1.78. The van der Waals surface area contributed by atoms with Crippen LogP contribution in [-0.2, 0) is 11.2 Å². The molecule has 0 saturated carbocycles. The number of thioether (sulfide) groups is 1. The zero-order valence-corrected chi connectivity index (χ0v) is 9.59. The largest absolute Gasteiger partial charge is 0.454 e. The fraction of sp³-hybridized carbons (Fsp3) is 0.417. The summed E-state index contributed by atoms with van der Waals surface area (Å²) >= 11 is 1.75. The van der Waals surface area contributed by atoms with Crippen molar-refractivity contribution in [3.8, 4) is 11.5 Å². The third-order valence-corrected chi connectivity index (χ3v) is 4.25. The SMILES string of the molecule is O=C(Cc1ccc2c(c1)OCO2)C1CCS1. The molecule has 0 aliphatic carbocycles. The molecule has 0 bridgehead atoms. The van der Waals surface area contributed by atoms with Gasteiger partial charge in [0.15, 0.2) is 11.5 Å². The Balaban J connectivity index is 1.72. The minimum atomic E-state index is 0.227. The van der Waals surface area contributed by atoms with E-state index in [1.807, 2.05) is 18.2 Å². The lowest BCUT2D eigenvalue weighted by atomic mass is 10.0. The monoisotopic (exact) mass is 236 g/mol. The van der Waals surface area contributed by atoms with E-state index in [9.17, 15) is 4.79 Å². The van der Waals surface area contributed by atoms with Crippen LogP contribution in [0.4, 0.5) is 0 Å². The van der Waals surface area contributed by atoms with Gasteiger partial charge in [0, 0.05) is 6.42 Å². The molecule has 1 saturated heterocycles. The summed E-state index contributed by atoms with van der Waals surface area (Å²) in [5.74, 6) is 2.98. The first kappa shape index (κ1) is 10.0. The third-order valence-electron chi connectivity index (χ3n) is 2.87. The molecule has 16 heavy (non-hydrogen) atoms. The summed E-state index contributed by atoms with van der Waals surface area (Å²) in [5.41, 5.74) is 1.02. The van der Waals surface area contributed by atoms with Crippen LogP contribution in [0.1, 0.15) is 12.0 Å². The summed E-state index contributed by atoms with van der Waals surface area (Å²) < 4.78 is 10.5. The lowest BCUT2D eigenvalue weighted by Gasteiger charge is -2.23. The highest BCUT2D eigenvalue weighted by Gasteiger charge is 2.26. The van der Waals surface area contributed by atoms with Gasteiger partial charge in [-0.15, -0.1) is 0 Å². The lowest BCUT2D eigenvalue weighted by Crippen LogP contribution is -2.27. The van der Waals surface area contributed by atoms with E-state index in [0.717, 1.165) is 29.2 Å². The predicted octanol–water partition coefficient (Wildman–Crippen LogP) is 2.03. The number of rotatable bonds is 3. The zero-order chi connectivity index (χ0) is 11.0. The molecule has 1 aromatic rings. The molecule has 1 atom stereocenters. The fourth-order valence-electron chi connectivity index (χ4n) is 1.86. The van der Waals surface area contributed by atoms with Crippen molar-refractivity contribution >= 4 is 17.5 Å². The smallest absolute Gasteiger partial charge is 0.231 e. The van der Waals surface area contributed by atoms with Gasteiger partial charge < -0.3 is 9.47 Å². The Morgan fingerprint density at radius 3 is 2.94 bits per heavy atom. The first-order valence-electron chi connectivity index (χ1n) is 5.36. The van der Waals surface area contributed by atoms with E-state index < -0.39 is 0 Å². The van der Waals surface area contributed by atoms with E-state index in [1.54, 1.807) is 11.8 Å². The van der Waals surface area contributed by atoms with Gasteiger partial charge in [0.2, 0.25) is 6.79 Å². The minimum absolute atomic E-state index is 0.227. The number of benzene rings is 1. The molecule has 0 radical (unpaired) electrons. The van der Waals surface area contributed by atoms with Gasteiger partial charge in [0.1, 0.15) is 5.78 Å². The number of carbonyl (C=O) groups is 1. The van der Waals surface area contributed by atoms with Gasteiger partial charge in [-0.1, -0.05) is 6.07 Å². The van der Waals surface area contributed by atoms with E-state index in [1.165, 1.54) is 0 Å². The molecule has 4 heteroatoms. The van der Waals surface area contributed by atoms with Crippen molar-refractivity contribution in [3.05, 3.63) is 23.8 Å². The van der Waals surface area contributed by atoms with Crippen LogP contribution in [0, 0.1) is 0 Å². The average molecular weight is 236 g/mol. The summed E-state index contributed by atoms with van der Waals surface area (Å²) in [6.07, 6.45) is 1.54. The highest BCUT2D eigenvalue weighted by Crippen LogP contribution is 2.34. The van der Waals surface area contributed by atoms with Crippen molar-refractivity contribution in [1.82, 2.24) is 0 Å². The van der Waals surface area contributed by atoms with E-state index in [4.69, 9.17) is 9.47 Å². The maximum Gasteiger partial charge on any atom is 0.231 e. The van der Waals surface area contributed by atoms with E-state index >= 15 is 0 Å². The Labute approximate surface area is 98.1 Å². The Hall–Kier alpha value is -1.16. The molecule has 0 aromatic heterocycles. The molecular formula is C12H12O3S. The predicted molar refractivity (Wildman–Crippen MR) is 62.1 cm³/mol. The van der Waals surface area contributed by atoms with Crippen LogP contribution in [0.2, 0.25) is 0 Å². The van der Waals surface area contributed by atoms with E-state index in [2.05, 4.69) is 0 Å². The minimum Gasteiger partial charge on any atom is -0.454 e. The molecule has 2 aliphatic rings. The topological polar surface area (TPSA) is 35.5 Å². The van der Waals surface area contributed by atoms with Gasteiger partial charge in [-0.05, 0) is 29.9 Å². The normalized spacial score (nSPS) is 21.6. The molecular weight excluding hydrogens is 224 g/mol. The molecule has 1 fully saturated rings. The number of fused-ring (bicyclic) bond motifs is 1. The molecule has 1 aromatic carbocycles. The van der Waals surface area contributed by atoms with Gasteiger partial charge in [0.05, 0.1) is 5.25 Å². The van der Waals surface area contributed by atoms with Crippen LogP contribution in [0.5, 0.6) is 11.5 Å². The van der Waals surface area contributed by atoms with Crippen LogP contribution in [-0.4, -0.2) is 23.6 Å². The second-order valence-electron chi connectivity index (χ2n) is 3.98. The van der Waals surface area contributed by atoms with Crippen LogP contribution >= 0.6 is 11.8 Å². The second kappa shape index (κ2) is 4.01. The summed E-state index contributed by atoms with van der Waals surface area (Å²) in [6, 6.07) is 5.72. The van der Waals surface area contributed by atoms with Crippen molar-refractivity contribution in [2.45, 2.75) is 18.1 Å². The summed E-state index contributed by atoms with van der Waals surface area (Å²) in [7, 11) is 0. The zero-order valence-electron chi connectivity index (χ0n) is 8.77. The Bertz CT molecular complexity index is 426. The molecule has 0 N–H and O–H groups in total. The Morgan fingerprint density at radius 2 is 2.19 bits per heavy atom. The fourth-order valence-corrected chi connectivity index (χ4v) is 2.60. The quantitative estimate of drug-likeness (QED) is 0.804. The summed E-state index contributed by atoms with van der Waals surface area (Å²) in [4.78, 5) is 11.8. The van der Waals surface area contributed by atoms with Crippen LogP contribution in [0.15, 0.2) is 18.2 Å². The number of ether oxygens (including phenoxy) is 2. The summed E-state index contributed by atoms with van der Waals surface area (Å²) in [5, 5.41) is 0.227. The first-order valence-corrected chi connectivity index (χ1v) is 6.40. The molecule has 0 spiro atoms. The van der Waals surface area contributed by atoms with Crippen LogP contribution < -0.4 is 9.47 Å². The van der Waals surface area contributed by atoms with Gasteiger partial charge in [0.25, 0.3) is 0 Å². The standard InChI is InChI=1S/C12H12O3S/c13-9(12-3-4-16-12)5-8-1-2-10-11(6-8)15-7-14-10/h1-2,6,12H,3-5,7H2. The van der Waals surface area contributed by atoms with E-state index in [-0.39, 0.29) is 12.0 Å². The van der Waals surface area contributed by atoms with E-state index in [0.29, 0.717) is 12.2 Å². The van der Waals surface area contributed by atoms with Gasteiger partial charge in [-0.2, -0.15) is 11.8 Å². The van der Waals surface area contributed by atoms with Crippen LogP contribution in [0.3, 0.4) is 0 Å². The molecule has 2 heterocycles. The number of ketones is 1. The molecule has 3 nitrogen and oxygen atoms in total. The Morgan fingerprint density at radius 1 is 1.38 bits per heavy atom. The summed E-state index contributed by atoms with van der Waals surface area (Å²) in [6.45, 7) is 0.283. The maximum absolute atomic E-state index is 11.8. The second-order valence-corrected chi connectivity index (χ2v) is 5.29. The average Bonchev–Trinajstić information content (AvgIpc) is 2.61. The van der Waals surface area contributed by atoms with Crippen molar-refractivity contribution in [2.24, 2.45) is 0 Å².